The lowest BCUT2D eigenvalue weighted by molar-refractivity contribution is 0.0889. The molecule has 0 radical (unpaired) electrons. The Morgan fingerprint density at radius 3 is 2.79 bits per heavy atom. The van der Waals surface area contributed by atoms with Crippen LogP contribution in [0.1, 0.15) is 24.8 Å². The van der Waals surface area contributed by atoms with E-state index in [0.29, 0.717) is 18.4 Å². The van der Waals surface area contributed by atoms with Crippen LogP contribution in [-0.2, 0) is 16.4 Å². The molecule has 0 aliphatic carbocycles. The Hall–Kier alpha value is -2.22. The van der Waals surface area contributed by atoms with Gasteiger partial charge in [-0.2, -0.15) is 4.31 Å². The highest BCUT2D eigenvalue weighted by Gasteiger charge is 2.59. The largest absolute Gasteiger partial charge is 0.396 e. The Balaban J connectivity index is 1.52. The van der Waals surface area contributed by atoms with Crippen molar-refractivity contribution in [3.63, 3.8) is 0 Å². The van der Waals surface area contributed by atoms with E-state index in [1.807, 2.05) is 18.2 Å². The summed E-state index contributed by atoms with van der Waals surface area (Å²) < 4.78 is 28.7. The van der Waals surface area contributed by atoms with Gasteiger partial charge in [-0.15, -0.1) is 0 Å². The van der Waals surface area contributed by atoms with Crippen LogP contribution in [0.3, 0.4) is 0 Å². The van der Waals surface area contributed by atoms with Crippen molar-refractivity contribution in [1.29, 1.82) is 0 Å². The minimum Gasteiger partial charge on any atom is -0.396 e. The maximum atomic E-state index is 13.5. The first-order chi connectivity index (χ1) is 13.5. The fraction of sp³-hybridized carbons (Fsp3) is 0.381. The summed E-state index contributed by atoms with van der Waals surface area (Å²) >= 11 is 0. The molecule has 3 aromatic rings. The highest BCUT2D eigenvalue weighted by molar-refractivity contribution is 7.89. The summed E-state index contributed by atoms with van der Waals surface area (Å²) in [5.74, 6) is 0. The Kier molecular flexibility index (Phi) is 4.08. The van der Waals surface area contributed by atoms with Crippen molar-refractivity contribution in [2.24, 2.45) is 5.41 Å². The Morgan fingerprint density at radius 2 is 2.00 bits per heavy atom. The number of hydrogen-bond acceptors (Lipinski definition) is 4. The molecule has 0 saturated carbocycles. The average molecular weight is 398 g/mol. The van der Waals surface area contributed by atoms with Crippen molar-refractivity contribution in [2.45, 2.75) is 42.7 Å². The maximum absolute atomic E-state index is 13.5. The number of H-pyrrole nitrogens is 1. The summed E-state index contributed by atoms with van der Waals surface area (Å²) in [6, 6.07) is 14.8. The number of sulfonamides is 1. The van der Waals surface area contributed by atoms with Gasteiger partial charge in [0.15, 0.2) is 0 Å². The second-order valence-corrected chi connectivity index (χ2v) is 9.89. The van der Waals surface area contributed by atoms with Crippen LogP contribution >= 0.6 is 0 Å². The minimum absolute atomic E-state index is 0.00529. The van der Waals surface area contributed by atoms with Crippen LogP contribution in [0.25, 0.3) is 11.0 Å². The average Bonchev–Trinajstić information content (AvgIpc) is 3.41. The van der Waals surface area contributed by atoms with E-state index in [1.165, 1.54) is 0 Å². The van der Waals surface area contributed by atoms with Gasteiger partial charge in [0.25, 0.3) is 0 Å². The van der Waals surface area contributed by atoms with Gasteiger partial charge in [0.1, 0.15) is 0 Å². The van der Waals surface area contributed by atoms with Crippen LogP contribution in [0.4, 0.5) is 0 Å². The third-order valence-electron chi connectivity index (χ3n) is 6.47. The van der Waals surface area contributed by atoms with E-state index in [4.69, 9.17) is 0 Å². The van der Waals surface area contributed by atoms with Crippen LogP contribution in [0, 0.1) is 5.41 Å². The van der Waals surface area contributed by atoms with E-state index in [0.717, 1.165) is 23.9 Å². The summed E-state index contributed by atoms with van der Waals surface area (Å²) in [6.45, 7) is -0.00529. The Labute approximate surface area is 164 Å². The molecule has 3 heterocycles. The van der Waals surface area contributed by atoms with Crippen LogP contribution in [0.5, 0.6) is 0 Å². The summed E-state index contributed by atoms with van der Waals surface area (Å²) in [7, 11) is -3.64. The van der Waals surface area contributed by atoms with Gasteiger partial charge in [0.2, 0.25) is 10.0 Å². The maximum Gasteiger partial charge on any atom is 0.243 e. The molecular weight excluding hydrogens is 374 g/mol. The lowest BCUT2D eigenvalue weighted by Gasteiger charge is -2.36. The number of nitrogens with zero attached hydrogens (tertiary/aromatic N) is 2. The van der Waals surface area contributed by atoms with E-state index in [1.54, 1.807) is 28.8 Å². The highest BCUT2D eigenvalue weighted by atomic mass is 32.2. The van der Waals surface area contributed by atoms with Gasteiger partial charge >= 0.3 is 0 Å². The smallest absolute Gasteiger partial charge is 0.243 e. The zero-order chi connectivity index (χ0) is 19.4. The van der Waals surface area contributed by atoms with Crippen LogP contribution in [0.2, 0.25) is 0 Å². The fourth-order valence-electron chi connectivity index (χ4n) is 5.21. The number of aliphatic hydroxyl groups excluding tert-OH is 1. The number of aromatic amines is 1. The highest BCUT2D eigenvalue weighted by Crippen LogP contribution is 2.53. The second-order valence-electron chi connectivity index (χ2n) is 8.05. The van der Waals surface area contributed by atoms with E-state index in [-0.39, 0.29) is 23.6 Å². The predicted molar refractivity (Wildman–Crippen MR) is 106 cm³/mol. The lowest BCUT2D eigenvalue weighted by Crippen LogP contribution is -2.43. The van der Waals surface area contributed by atoms with E-state index in [2.05, 4.69) is 22.1 Å². The normalized spacial score (nSPS) is 27.6. The molecular formula is C21H23N3O3S. The number of hydrogen-bond donors (Lipinski definition) is 2. The monoisotopic (exact) mass is 397 g/mol. The zero-order valence-corrected chi connectivity index (χ0v) is 16.3. The molecule has 2 aliphatic heterocycles. The Morgan fingerprint density at radius 1 is 1.18 bits per heavy atom. The van der Waals surface area contributed by atoms with Crippen LogP contribution < -0.4 is 0 Å². The molecule has 0 unspecified atom stereocenters. The van der Waals surface area contributed by atoms with Gasteiger partial charge in [-0.05, 0) is 49.4 Å². The van der Waals surface area contributed by atoms with Gasteiger partial charge in [-0.1, -0.05) is 30.3 Å². The Bertz CT molecular complexity index is 1110. The second kappa shape index (κ2) is 6.40. The quantitative estimate of drug-likeness (QED) is 0.693. The van der Waals surface area contributed by atoms with Crippen molar-refractivity contribution >= 4 is 21.1 Å². The predicted octanol–water partition coefficient (Wildman–Crippen LogP) is 2.71. The molecule has 0 spiro atoms. The molecule has 6 nitrogen and oxygen atoms in total. The van der Waals surface area contributed by atoms with Crippen molar-refractivity contribution in [2.75, 3.05) is 6.61 Å². The number of benzene rings is 2. The minimum atomic E-state index is -3.64. The molecule has 7 heteroatoms. The number of rotatable bonds is 5. The number of aromatic nitrogens is 2. The van der Waals surface area contributed by atoms with Gasteiger partial charge in [-0.25, -0.2) is 13.4 Å². The number of fused-ring (bicyclic) bond motifs is 3. The lowest BCUT2D eigenvalue weighted by atomic mass is 9.70. The molecule has 1 aromatic heterocycles. The number of imidazole rings is 1. The summed E-state index contributed by atoms with van der Waals surface area (Å²) in [4.78, 5) is 7.44. The van der Waals surface area contributed by atoms with Gasteiger partial charge in [0.05, 0.1) is 28.9 Å². The first-order valence-electron chi connectivity index (χ1n) is 9.65. The molecule has 28 heavy (non-hydrogen) atoms. The van der Waals surface area contributed by atoms with Crippen molar-refractivity contribution < 1.29 is 13.5 Å². The van der Waals surface area contributed by atoms with Gasteiger partial charge in [-0.3, -0.25) is 0 Å². The topological polar surface area (TPSA) is 86.3 Å². The molecule has 146 valence electrons. The van der Waals surface area contributed by atoms with Gasteiger partial charge in [0, 0.05) is 17.5 Å². The molecule has 2 fully saturated rings. The zero-order valence-electron chi connectivity index (χ0n) is 15.5. The SMILES string of the molecule is O=S(=O)(c1ccc2nc[nH]c2c1)N1[C@H]2CC[C@@H]1[C@@](CO)(Cc1ccccc1)C2. The van der Waals surface area contributed by atoms with Crippen molar-refractivity contribution in [3.05, 3.63) is 60.4 Å². The molecule has 2 aliphatic rings. The fourth-order valence-corrected chi connectivity index (χ4v) is 7.20. The third-order valence-corrected chi connectivity index (χ3v) is 8.43. The standard InChI is InChI=1S/C21H23N3O3S/c25-13-21(11-15-4-2-1-3-5-15)12-16-6-9-20(21)24(16)28(26,27)17-7-8-18-19(10-17)23-14-22-18/h1-5,7-8,10,14,16,20,25H,6,9,11-13H2,(H,22,23)/t16-,20+,21-/m0/s1. The molecule has 3 atom stereocenters. The first kappa shape index (κ1) is 17.8. The van der Waals surface area contributed by atoms with E-state index in [9.17, 15) is 13.5 Å². The van der Waals surface area contributed by atoms with E-state index >= 15 is 0 Å². The number of nitrogens with one attached hydrogen (secondary N) is 1. The molecule has 0 amide bonds. The summed E-state index contributed by atoms with van der Waals surface area (Å²) in [6.07, 6.45) is 4.61. The first-order valence-corrected chi connectivity index (χ1v) is 11.1. The third kappa shape index (κ3) is 2.61. The molecule has 2 saturated heterocycles. The molecule has 2 N–H and O–H groups in total. The van der Waals surface area contributed by atoms with Crippen LogP contribution in [-0.4, -0.2) is 46.5 Å². The summed E-state index contributed by atoms with van der Waals surface area (Å²) in [5.41, 5.74) is 2.18. The van der Waals surface area contributed by atoms with E-state index < -0.39 is 15.4 Å². The summed E-state index contributed by atoms with van der Waals surface area (Å²) in [5, 5.41) is 10.3. The van der Waals surface area contributed by atoms with Crippen molar-refractivity contribution in [3.8, 4) is 0 Å². The molecule has 2 aromatic carbocycles. The number of aliphatic hydroxyl groups is 1. The van der Waals surface area contributed by atoms with Gasteiger partial charge < -0.3 is 10.1 Å². The van der Waals surface area contributed by atoms with Crippen molar-refractivity contribution in [1.82, 2.24) is 14.3 Å². The molecule has 5 rings (SSSR count). The molecule has 2 bridgehead atoms. The van der Waals surface area contributed by atoms with Crippen LogP contribution in [0.15, 0.2) is 59.8 Å².